The van der Waals surface area contributed by atoms with Crippen LogP contribution in [0.5, 0.6) is 0 Å². The van der Waals surface area contributed by atoms with E-state index in [4.69, 9.17) is 9.47 Å². The first kappa shape index (κ1) is 23.4. The van der Waals surface area contributed by atoms with Gasteiger partial charge in [-0.25, -0.2) is 9.37 Å². The van der Waals surface area contributed by atoms with Crippen LogP contribution in [0.2, 0.25) is 0 Å². The first-order chi connectivity index (χ1) is 16.5. The van der Waals surface area contributed by atoms with Crippen molar-refractivity contribution < 1.29 is 18.7 Å². The number of rotatable bonds is 7. The van der Waals surface area contributed by atoms with Crippen molar-refractivity contribution in [2.75, 3.05) is 13.9 Å². The largest absolute Gasteiger partial charge is 0.359 e. The molecule has 34 heavy (non-hydrogen) atoms. The number of carbonyl (C=O) groups excluding carboxylic acids is 1. The van der Waals surface area contributed by atoms with Gasteiger partial charge in [-0.15, -0.1) is 0 Å². The lowest BCUT2D eigenvalue weighted by molar-refractivity contribution is -0.0887. The quantitative estimate of drug-likeness (QED) is 0.240. The normalized spacial score (nSPS) is 15.2. The van der Waals surface area contributed by atoms with Gasteiger partial charge in [0.05, 0.1) is 11.8 Å². The van der Waals surface area contributed by atoms with Crippen molar-refractivity contribution in [3.05, 3.63) is 72.1 Å². The van der Waals surface area contributed by atoms with Crippen LogP contribution < -0.4 is 0 Å². The Morgan fingerprint density at radius 2 is 2.21 bits per heavy atom. The van der Waals surface area contributed by atoms with Crippen LogP contribution in [0.3, 0.4) is 0 Å². The number of halogens is 1. The van der Waals surface area contributed by atoms with Gasteiger partial charge in [0.1, 0.15) is 18.3 Å². The third kappa shape index (κ3) is 4.62. The van der Waals surface area contributed by atoms with Gasteiger partial charge in [-0.2, -0.15) is 5.10 Å². The number of H-pyrrole nitrogens is 1. The minimum absolute atomic E-state index is 0.101. The van der Waals surface area contributed by atoms with E-state index in [1.807, 2.05) is 32.3 Å². The van der Waals surface area contributed by atoms with E-state index >= 15 is 0 Å². The highest BCUT2D eigenvalue weighted by Gasteiger charge is 2.35. The maximum Gasteiger partial charge on any atom is 0.238 e. The van der Waals surface area contributed by atoms with Gasteiger partial charge in [0.2, 0.25) is 5.78 Å². The van der Waals surface area contributed by atoms with Crippen LogP contribution in [0.4, 0.5) is 4.39 Å². The smallest absolute Gasteiger partial charge is 0.238 e. The van der Waals surface area contributed by atoms with Crippen LogP contribution in [-0.2, 0) is 16.5 Å². The van der Waals surface area contributed by atoms with Gasteiger partial charge < -0.3 is 14.5 Å². The number of methoxy groups -OCH3 is 1. The van der Waals surface area contributed by atoms with Crippen molar-refractivity contribution in [3.8, 4) is 23.0 Å². The fourth-order valence-corrected chi connectivity index (χ4v) is 3.80. The lowest BCUT2D eigenvalue weighted by Gasteiger charge is -2.29. The zero-order valence-electron chi connectivity index (χ0n) is 19.3. The van der Waals surface area contributed by atoms with Gasteiger partial charge in [-0.05, 0) is 30.9 Å². The second-order valence-electron chi connectivity index (χ2n) is 7.83. The summed E-state index contributed by atoms with van der Waals surface area (Å²) in [5.41, 5.74) is 1.59. The number of Topliss-reactive ketones (excluding diaryl/α,β-unsaturated/α-hetero) is 1. The van der Waals surface area contributed by atoms with Crippen LogP contribution in [0, 0.1) is 11.8 Å². The zero-order valence-corrected chi connectivity index (χ0v) is 19.3. The molecule has 0 bridgehead atoms. The molecule has 0 aromatic carbocycles. The Balaban J connectivity index is 1.73. The number of carbonyl (C=O) groups is 1. The number of nitrogens with one attached hydrogen (secondary N) is 1. The third-order valence-corrected chi connectivity index (χ3v) is 5.64. The van der Waals surface area contributed by atoms with Crippen LogP contribution in [0.1, 0.15) is 30.1 Å². The third-order valence-electron chi connectivity index (χ3n) is 5.64. The Morgan fingerprint density at radius 1 is 1.35 bits per heavy atom. The standard InChI is InChI=1S/C26H25FN4O3/c1-4-26(34-17-33-3,22-8-6-5-7-9-23(22)27)11-10-24(32)21-15-29-25-20(21)12-18(13-28-25)19-14-30-31(2)16-19/h5-6,8-9,12-16H,4,7,17H2,1-3H3,(H,28,29). The summed E-state index contributed by atoms with van der Waals surface area (Å²) >= 11 is 0. The highest BCUT2D eigenvalue weighted by molar-refractivity contribution is 6.16. The van der Waals surface area contributed by atoms with Crippen molar-refractivity contribution in [2.24, 2.45) is 7.05 Å². The number of ketones is 1. The topological polar surface area (TPSA) is 82.0 Å². The molecule has 0 saturated heterocycles. The molecule has 3 aromatic heterocycles. The first-order valence-corrected chi connectivity index (χ1v) is 10.9. The summed E-state index contributed by atoms with van der Waals surface area (Å²) in [5, 5.41) is 4.83. The molecule has 1 atom stereocenters. The molecule has 174 valence electrons. The van der Waals surface area contributed by atoms with E-state index in [0.717, 1.165) is 11.1 Å². The summed E-state index contributed by atoms with van der Waals surface area (Å²) in [6, 6.07) is 1.88. The van der Waals surface area contributed by atoms with Crippen molar-refractivity contribution in [3.63, 3.8) is 0 Å². The van der Waals surface area contributed by atoms with E-state index < -0.39 is 17.2 Å². The lowest BCUT2D eigenvalue weighted by Crippen LogP contribution is -2.34. The Morgan fingerprint density at radius 3 is 2.94 bits per heavy atom. The van der Waals surface area contributed by atoms with Crippen LogP contribution in [0.25, 0.3) is 22.2 Å². The summed E-state index contributed by atoms with van der Waals surface area (Å²) in [5.74, 6) is 4.75. The first-order valence-electron chi connectivity index (χ1n) is 10.9. The predicted molar refractivity (Wildman–Crippen MR) is 127 cm³/mol. The Labute approximate surface area is 197 Å². The molecule has 1 N–H and O–H groups in total. The second kappa shape index (κ2) is 10.00. The second-order valence-corrected chi connectivity index (χ2v) is 7.83. The summed E-state index contributed by atoms with van der Waals surface area (Å²) in [4.78, 5) is 20.6. The van der Waals surface area contributed by atoms with E-state index in [2.05, 4.69) is 26.9 Å². The van der Waals surface area contributed by atoms with Crippen molar-refractivity contribution in [1.29, 1.82) is 0 Å². The number of aryl methyl sites for hydroxylation is 1. The molecule has 1 unspecified atom stereocenters. The van der Waals surface area contributed by atoms with E-state index in [9.17, 15) is 9.18 Å². The maximum atomic E-state index is 14.9. The fraction of sp³-hybridized carbons (Fsp3) is 0.269. The van der Waals surface area contributed by atoms with Crippen molar-refractivity contribution in [2.45, 2.75) is 25.4 Å². The molecule has 1 aliphatic rings. The Bertz CT molecular complexity index is 1370. The fourth-order valence-electron chi connectivity index (χ4n) is 3.80. The number of pyridine rings is 1. The highest BCUT2D eigenvalue weighted by atomic mass is 19.1. The average molecular weight is 461 g/mol. The molecule has 0 fully saturated rings. The monoisotopic (exact) mass is 460 g/mol. The number of hydrogen-bond donors (Lipinski definition) is 1. The lowest BCUT2D eigenvalue weighted by atomic mass is 9.89. The van der Waals surface area contributed by atoms with Crippen molar-refractivity contribution in [1.82, 2.24) is 19.7 Å². The Hall–Kier alpha value is -3.80. The van der Waals surface area contributed by atoms with Gasteiger partial charge in [-0.3, -0.25) is 9.48 Å². The number of ether oxygens (including phenoxy) is 2. The minimum atomic E-state index is -1.34. The van der Waals surface area contributed by atoms with E-state index in [1.54, 1.807) is 35.4 Å². The van der Waals surface area contributed by atoms with Crippen LogP contribution in [-0.4, -0.2) is 45.0 Å². The summed E-state index contributed by atoms with van der Waals surface area (Å²) in [7, 11) is 3.31. The van der Waals surface area contributed by atoms with E-state index in [-0.39, 0.29) is 12.4 Å². The number of hydrogen-bond acceptors (Lipinski definition) is 5. The van der Waals surface area contributed by atoms with Gasteiger partial charge in [0.25, 0.3) is 0 Å². The summed E-state index contributed by atoms with van der Waals surface area (Å²) in [6.07, 6.45) is 14.4. The van der Waals surface area contributed by atoms with Gasteiger partial charge in [-0.1, -0.05) is 31.1 Å². The molecule has 7 nitrogen and oxygen atoms in total. The van der Waals surface area contributed by atoms with Gasteiger partial charge >= 0.3 is 0 Å². The molecule has 0 aliphatic heterocycles. The summed E-state index contributed by atoms with van der Waals surface area (Å²) < 4.78 is 27.5. The SMILES string of the molecule is CCC(C#CC(=O)c1c[nH]c2ncc(-c3cnn(C)c3)cc12)(OCOC)C1=CC=CCC=C1F. The number of aromatic nitrogens is 4. The molecule has 3 aromatic rings. The molecular weight excluding hydrogens is 435 g/mol. The number of fused-ring (bicyclic) bond motifs is 1. The molecule has 0 radical (unpaired) electrons. The molecule has 0 spiro atoms. The van der Waals surface area contributed by atoms with Gasteiger partial charge in [0.15, 0.2) is 5.60 Å². The zero-order chi connectivity index (χ0) is 24.1. The molecular formula is C26H25FN4O3. The maximum absolute atomic E-state index is 14.9. The number of nitrogens with zero attached hydrogens (tertiary/aromatic N) is 3. The van der Waals surface area contributed by atoms with Crippen LogP contribution in [0.15, 0.2) is 66.6 Å². The van der Waals surface area contributed by atoms with Crippen LogP contribution >= 0.6 is 0 Å². The number of aromatic amines is 1. The van der Waals surface area contributed by atoms with E-state index in [0.29, 0.717) is 29.4 Å². The molecule has 8 heteroatoms. The predicted octanol–water partition coefficient (Wildman–Crippen LogP) is 4.66. The average Bonchev–Trinajstić information content (AvgIpc) is 3.41. The molecule has 1 aliphatic carbocycles. The molecule has 4 rings (SSSR count). The minimum Gasteiger partial charge on any atom is -0.359 e. The highest BCUT2D eigenvalue weighted by Crippen LogP contribution is 2.33. The number of allylic oxidation sites excluding steroid dienone is 4. The molecule has 3 heterocycles. The molecule has 0 amide bonds. The van der Waals surface area contributed by atoms with Gasteiger partial charge in [0, 0.05) is 54.8 Å². The summed E-state index contributed by atoms with van der Waals surface area (Å²) in [6.45, 7) is 1.73. The molecule has 0 saturated carbocycles. The Kier molecular flexibility index (Phi) is 6.87. The van der Waals surface area contributed by atoms with E-state index in [1.165, 1.54) is 13.2 Å². The van der Waals surface area contributed by atoms with Crippen molar-refractivity contribution >= 4 is 16.8 Å².